The molecule has 0 fully saturated rings. The van der Waals surface area contributed by atoms with Crippen LogP contribution in [0.5, 0.6) is 5.75 Å². The molecule has 0 radical (unpaired) electrons. The molecule has 0 spiro atoms. The van der Waals surface area contributed by atoms with E-state index in [9.17, 15) is 18.0 Å². The van der Waals surface area contributed by atoms with E-state index >= 15 is 0 Å². The number of aromatic amines is 1. The highest BCUT2D eigenvalue weighted by molar-refractivity contribution is 6.20. The molecule has 0 bridgehead atoms. The first kappa shape index (κ1) is 21.7. The number of aromatic nitrogens is 4. The Labute approximate surface area is 185 Å². The van der Waals surface area contributed by atoms with Gasteiger partial charge in [0.1, 0.15) is 12.4 Å². The summed E-state index contributed by atoms with van der Waals surface area (Å²) in [6.07, 6.45) is 3.10. The Hall–Kier alpha value is -3.53. The van der Waals surface area contributed by atoms with Gasteiger partial charge in [-0.25, -0.2) is 9.37 Å². The lowest BCUT2D eigenvalue weighted by molar-refractivity contribution is -0.0964. The van der Waals surface area contributed by atoms with Crippen molar-refractivity contribution in [3.05, 3.63) is 60.6 Å². The van der Waals surface area contributed by atoms with Crippen molar-refractivity contribution in [1.29, 1.82) is 0 Å². The molecule has 2 N–H and O–H groups in total. The Morgan fingerprint density at radius 3 is 2.66 bits per heavy atom. The van der Waals surface area contributed by atoms with Gasteiger partial charge in [-0.3, -0.25) is 9.89 Å². The summed E-state index contributed by atoms with van der Waals surface area (Å²) in [5, 5.41) is 9.50. The Bertz CT molecular complexity index is 1240. The molecule has 166 valence electrons. The number of hydrogen-bond donors (Lipinski definition) is 2. The summed E-state index contributed by atoms with van der Waals surface area (Å²) in [5.74, 6) is -0.601. The molecule has 0 aliphatic carbocycles. The van der Waals surface area contributed by atoms with Gasteiger partial charge in [0, 0.05) is 34.6 Å². The fraction of sp³-hybridized carbons (Fsp3) is 0.190. The maximum atomic E-state index is 13.3. The second-order valence-electron chi connectivity index (χ2n) is 7.04. The Morgan fingerprint density at radius 1 is 1.28 bits per heavy atom. The topological polar surface area (TPSA) is 84.8 Å². The standard InChI is InChI=1S/C21H17ClF3N5O2/c1-12(10-23)30-11-26-18-9-13(8-16(19(18)30)17-6-7-27-29-17)20(31)28-14-2-4-15(5-3-14)32-21(22,24)25/h2-9,11-12H,10H2,1H3,(H,27,29)(H,28,31)/t12-/m1/s1. The first-order valence-electron chi connectivity index (χ1n) is 9.48. The van der Waals surface area contributed by atoms with E-state index in [-0.39, 0.29) is 5.75 Å². The highest BCUT2D eigenvalue weighted by Crippen LogP contribution is 2.31. The van der Waals surface area contributed by atoms with E-state index in [0.717, 1.165) is 0 Å². The van der Waals surface area contributed by atoms with Crippen molar-refractivity contribution in [2.24, 2.45) is 0 Å². The Kier molecular flexibility index (Phi) is 5.79. The number of benzene rings is 2. The molecule has 0 aliphatic heterocycles. The highest BCUT2D eigenvalue weighted by atomic mass is 35.5. The number of hydrogen-bond acceptors (Lipinski definition) is 4. The quantitative estimate of drug-likeness (QED) is 0.360. The van der Waals surface area contributed by atoms with Gasteiger partial charge in [-0.15, -0.1) is 8.78 Å². The van der Waals surface area contributed by atoms with Gasteiger partial charge in [0.05, 0.1) is 29.1 Å². The van der Waals surface area contributed by atoms with E-state index in [1.165, 1.54) is 30.6 Å². The number of nitrogens with zero attached hydrogens (tertiary/aromatic N) is 3. The van der Waals surface area contributed by atoms with Gasteiger partial charge >= 0.3 is 5.57 Å². The van der Waals surface area contributed by atoms with Crippen LogP contribution in [-0.2, 0) is 0 Å². The minimum Gasteiger partial charge on any atom is -0.420 e. The number of ether oxygens (including phenoxy) is 1. The van der Waals surface area contributed by atoms with Crippen molar-refractivity contribution >= 4 is 34.2 Å². The highest BCUT2D eigenvalue weighted by Gasteiger charge is 2.27. The van der Waals surface area contributed by atoms with Gasteiger partial charge in [0.15, 0.2) is 0 Å². The van der Waals surface area contributed by atoms with Crippen LogP contribution < -0.4 is 10.1 Å². The third-order valence-electron chi connectivity index (χ3n) is 4.77. The van der Waals surface area contributed by atoms with Crippen molar-refractivity contribution < 1.29 is 22.7 Å². The summed E-state index contributed by atoms with van der Waals surface area (Å²) in [4.78, 5) is 17.2. The lowest BCUT2D eigenvalue weighted by Gasteiger charge is -2.14. The molecule has 0 saturated heterocycles. The average molecular weight is 464 g/mol. The molecule has 2 heterocycles. The lowest BCUT2D eigenvalue weighted by Crippen LogP contribution is -2.16. The van der Waals surface area contributed by atoms with E-state index in [1.807, 2.05) is 0 Å². The largest absolute Gasteiger partial charge is 0.487 e. The molecular weight excluding hydrogens is 447 g/mol. The molecule has 32 heavy (non-hydrogen) atoms. The van der Waals surface area contributed by atoms with Crippen LogP contribution in [0.2, 0.25) is 0 Å². The second kappa shape index (κ2) is 8.54. The molecule has 0 aliphatic rings. The van der Waals surface area contributed by atoms with Crippen molar-refractivity contribution in [3.8, 4) is 17.0 Å². The summed E-state index contributed by atoms with van der Waals surface area (Å²) in [5.41, 5.74) is -0.716. The average Bonchev–Trinajstić information content (AvgIpc) is 3.43. The fourth-order valence-corrected chi connectivity index (χ4v) is 3.35. The number of anilines is 1. The van der Waals surface area contributed by atoms with Crippen LogP contribution in [0.3, 0.4) is 0 Å². The molecule has 2 aromatic heterocycles. The van der Waals surface area contributed by atoms with Crippen molar-refractivity contribution in [1.82, 2.24) is 19.7 Å². The maximum absolute atomic E-state index is 13.3. The van der Waals surface area contributed by atoms with Crippen LogP contribution in [-0.4, -0.2) is 37.9 Å². The number of amides is 1. The predicted molar refractivity (Wildman–Crippen MR) is 114 cm³/mol. The summed E-state index contributed by atoms with van der Waals surface area (Å²) < 4.78 is 44.8. The van der Waals surface area contributed by atoms with E-state index in [4.69, 9.17) is 11.6 Å². The summed E-state index contributed by atoms with van der Waals surface area (Å²) in [6.45, 7) is 1.15. The van der Waals surface area contributed by atoms with E-state index in [1.54, 1.807) is 35.9 Å². The summed E-state index contributed by atoms with van der Waals surface area (Å²) in [6, 6.07) is 9.86. The third-order valence-corrected chi connectivity index (χ3v) is 4.84. The van der Waals surface area contributed by atoms with Crippen molar-refractivity contribution in [2.75, 3.05) is 12.0 Å². The minimum absolute atomic E-state index is 0.154. The van der Waals surface area contributed by atoms with Gasteiger partial charge in [-0.2, -0.15) is 5.10 Å². The number of halogens is 4. The van der Waals surface area contributed by atoms with Gasteiger partial charge in [0.25, 0.3) is 5.91 Å². The number of fused-ring (bicyclic) bond motifs is 1. The molecule has 7 nitrogen and oxygen atoms in total. The first-order valence-corrected chi connectivity index (χ1v) is 9.86. The molecule has 1 atom stereocenters. The van der Waals surface area contributed by atoms with E-state index < -0.39 is 24.2 Å². The molecule has 2 aromatic carbocycles. The second-order valence-corrected chi connectivity index (χ2v) is 7.48. The molecule has 4 rings (SSSR count). The van der Waals surface area contributed by atoms with Crippen molar-refractivity contribution in [2.45, 2.75) is 18.5 Å². The van der Waals surface area contributed by atoms with Crippen LogP contribution in [0.15, 0.2) is 55.0 Å². The normalized spacial score (nSPS) is 12.7. The van der Waals surface area contributed by atoms with Crippen LogP contribution >= 0.6 is 11.6 Å². The van der Waals surface area contributed by atoms with Gasteiger partial charge in [-0.1, -0.05) is 0 Å². The number of carbonyl (C=O) groups is 1. The maximum Gasteiger partial charge on any atom is 0.487 e. The van der Waals surface area contributed by atoms with Crippen LogP contribution in [0.1, 0.15) is 23.3 Å². The summed E-state index contributed by atoms with van der Waals surface area (Å²) >= 11 is 4.75. The minimum atomic E-state index is -3.83. The number of H-pyrrole nitrogens is 1. The fourth-order valence-electron chi connectivity index (χ4n) is 3.27. The number of imidazole rings is 1. The van der Waals surface area contributed by atoms with Gasteiger partial charge < -0.3 is 14.6 Å². The first-order chi connectivity index (χ1) is 15.2. The SMILES string of the molecule is C[C@H](CF)n1cnc2cc(C(=O)Nc3ccc(OC(F)(F)Cl)cc3)cc(-c3ccn[nH]3)c21. The molecule has 0 saturated carbocycles. The number of nitrogens with one attached hydrogen (secondary N) is 2. The number of alkyl halides is 4. The smallest absolute Gasteiger partial charge is 0.420 e. The van der Waals surface area contributed by atoms with Crippen LogP contribution in [0.4, 0.5) is 18.9 Å². The van der Waals surface area contributed by atoms with Gasteiger partial charge in [0.2, 0.25) is 0 Å². The molecular formula is C21H17ClF3N5O2. The predicted octanol–water partition coefficient (Wildman–Crippen LogP) is 5.38. The van der Waals surface area contributed by atoms with E-state index in [0.29, 0.717) is 33.5 Å². The molecule has 11 heteroatoms. The summed E-state index contributed by atoms with van der Waals surface area (Å²) in [7, 11) is 0. The van der Waals surface area contributed by atoms with Crippen LogP contribution in [0, 0.1) is 0 Å². The van der Waals surface area contributed by atoms with Crippen LogP contribution in [0.25, 0.3) is 22.3 Å². The molecule has 1 amide bonds. The van der Waals surface area contributed by atoms with Gasteiger partial charge in [-0.05, 0) is 49.4 Å². The zero-order valence-electron chi connectivity index (χ0n) is 16.7. The molecule has 4 aromatic rings. The molecule has 0 unspecified atom stereocenters. The monoisotopic (exact) mass is 463 g/mol. The zero-order chi connectivity index (χ0) is 22.9. The number of rotatable bonds is 7. The lowest BCUT2D eigenvalue weighted by atomic mass is 10.0. The van der Waals surface area contributed by atoms with Crippen molar-refractivity contribution in [3.63, 3.8) is 0 Å². The Morgan fingerprint density at radius 2 is 2.03 bits per heavy atom. The number of carbonyl (C=O) groups excluding carboxylic acids is 1. The zero-order valence-corrected chi connectivity index (χ0v) is 17.4. The Balaban J connectivity index is 1.66. The third kappa shape index (κ3) is 4.54. The van der Waals surface area contributed by atoms with E-state index in [2.05, 4.69) is 25.2 Å².